The molecule has 0 radical (unpaired) electrons. The molecule has 144 valence electrons. The Bertz CT molecular complexity index is 969. The molecule has 2 heterocycles. The van der Waals surface area contributed by atoms with Crippen LogP contribution in [-0.2, 0) is 14.8 Å². The molecular weight excluding hydrogens is 380 g/mol. The molecule has 0 bridgehead atoms. The zero-order valence-electron chi connectivity index (χ0n) is 15.8. The maximum atomic E-state index is 13.0. The average molecular weight is 405 g/mol. The van der Waals surface area contributed by atoms with Crippen LogP contribution >= 0.6 is 11.3 Å². The number of benzene rings is 1. The van der Waals surface area contributed by atoms with Gasteiger partial charge in [0, 0.05) is 42.0 Å². The van der Waals surface area contributed by atoms with Gasteiger partial charge in [0.2, 0.25) is 15.9 Å². The van der Waals surface area contributed by atoms with Crippen molar-refractivity contribution < 1.29 is 13.2 Å². The van der Waals surface area contributed by atoms with Gasteiger partial charge in [-0.15, -0.1) is 11.3 Å². The maximum absolute atomic E-state index is 13.0. The molecule has 0 atom stereocenters. The summed E-state index contributed by atoms with van der Waals surface area (Å²) in [4.78, 5) is 16.7. The van der Waals surface area contributed by atoms with Crippen LogP contribution in [0.15, 0.2) is 41.3 Å². The predicted molar refractivity (Wildman–Crippen MR) is 109 cm³/mol. The largest absolute Gasteiger partial charge is 0.337 e. The SMILES string of the molecule is Cc1ccc(C)c(S(=O)(=O)N2CCN(C(=O)/C=C/c3ccc(C)s3)CC2)c1. The Hall–Kier alpha value is -1.96. The number of carbonyl (C=O) groups excluding carboxylic acids is 1. The summed E-state index contributed by atoms with van der Waals surface area (Å²) < 4.78 is 27.4. The molecule has 1 aromatic carbocycles. The van der Waals surface area contributed by atoms with Crippen LogP contribution in [-0.4, -0.2) is 49.7 Å². The molecule has 0 aliphatic carbocycles. The lowest BCUT2D eigenvalue weighted by Crippen LogP contribution is -2.50. The normalized spacial score (nSPS) is 16.2. The van der Waals surface area contributed by atoms with E-state index in [2.05, 4.69) is 0 Å². The minimum absolute atomic E-state index is 0.0789. The summed E-state index contributed by atoms with van der Waals surface area (Å²) in [6, 6.07) is 9.46. The highest BCUT2D eigenvalue weighted by molar-refractivity contribution is 7.89. The Kier molecular flexibility index (Phi) is 5.83. The van der Waals surface area contributed by atoms with E-state index < -0.39 is 10.0 Å². The van der Waals surface area contributed by atoms with E-state index in [4.69, 9.17) is 0 Å². The van der Waals surface area contributed by atoms with Crippen molar-refractivity contribution in [1.82, 2.24) is 9.21 Å². The van der Waals surface area contributed by atoms with Crippen LogP contribution < -0.4 is 0 Å². The fourth-order valence-electron chi connectivity index (χ4n) is 3.07. The molecular formula is C20H24N2O3S2. The van der Waals surface area contributed by atoms with Crippen LogP contribution in [0.25, 0.3) is 6.08 Å². The van der Waals surface area contributed by atoms with E-state index in [0.717, 1.165) is 16.0 Å². The van der Waals surface area contributed by atoms with Gasteiger partial charge >= 0.3 is 0 Å². The van der Waals surface area contributed by atoms with Gasteiger partial charge in [-0.3, -0.25) is 4.79 Å². The summed E-state index contributed by atoms with van der Waals surface area (Å²) in [7, 11) is -3.54. The van der Waals surface area contributed by atoms with Gasteiger partial charge in [0.25, 0.3) is 0 Å². The highest BCUT2D eigenvalue weighted by Crippen LogP contribution is 2.22. The van der Waals surface area contributed by atoms with Gasteiger partial charge in [-0.05, 0) is 56.2 Å². The highest BCUT2D eigenvalue weighted by atomic mass is 32.2. The van der Waals surface area contributed by atoms with Crippen LogP contribution in [0.4, 0.5) is 0 Å². The van der Waals surface area contributed by atoms with E-state index in [0.29, 0.717) is 31.1 Å². The Morgan fingerprint density at radius 3 is 2.37 bits per heavy atom. The molecule has 5 nitrogen and oxygen atoms in total. The first-order valence-corrected chi connectivity index (χ1v) is 11.1. The molecule has 3 rings (SSSR count). The molecule has 1 aliphatic heterocycles. The summed E-state index contributed by atoms with van der Waals surface area (Å²) in [5.41, 5.74) is 1.66. The number of thiophene rings is 1. The van der Waals surface area contributed by atoms with Crippen molar-refractivity contribution in [3.8, 4) is 0 Å². The summed E-state index contributed by atoms with van der Waals surface area (Å²) in [6.07, 6.45) is 3.39. The van der Waals surface area contributed by atoms with Gasteiger partial charge < -0.3 is 4.90 Å². The van der Waals surface area contributed by atoms with E-state index in [1.807, 2.05) is 51.1 Å². The van der Waals surface area contributed by atoms with Gasteiger partial charge in [0.15, 0.2) is 0 Å². The quantitative estimate of drug-likeness (QED) is 0.735. The minimum atomic E-state index is -3.54. The smallest absolute Gasteiger partial charge is 0.246 e. The molecule has 1 fully saturated rings. The molecule has 0 saturated carbocycles. The van der Waals surface area contributed by atoms with Crippen LogP contribution in [0.5, 0.6) is 0 Å². The third-order valence-electron chi connectivity index (χ3n) is 4.66. The summed E-state index contributed by atoms with van der Waals surface area (Å²) in [5.74, 6) is -0.0789. The van der Waals surface area contributed by atoms with Crippen molar-refractivity contribution >= 4 is 33.3 Å². The van der Waals surface area contributed by atoms with Crippen molar-refractivity contribution in [3.63, 3.8) is 0 Å². The topological polar surface area (TPSA) is 57.7 Å². The number of piperazine rings is 1. The van der Waals surface area contributed by atoms with Crippen molar-refractivity contribution in [2.75, 3.05) is 26.2 Å². The Morgan fingerprint density at radius 1 is 1.04 bits per heavy atom. The summed E-state index contributed by atoms with van der Waals surface area (Å²) in [6.45, 7) is 7.15. The standard InChI is InChI=1S/C20H24N2O3S2/c1-15-4-5-16(2)19(14-15)27(24,25)22-12-10-21(11-13-22)20(23)9-8-18-7-6-17(3)26-18/h4-9,14H,10-13H2,1-3H3/b9-8+. The Morgan fingerprint density at radius 2 is 1.74 bits per heavy atom. The van der Waals surface area contributed by atoms with E-state index >= 15 is 0 Å². The van der Waals surface area contributed by atoms with Crippen LogP contribution in [0.1, 0.15) is 20.9 Å². The van der Waals surface area contributed by atoms with Gasteiger partial charge in [0.05, 0.1) is 4.90 Å². The molecule has 27 heavy (non-hydrogen) atoms. The first-order valence-electron chi connectivity index (χ1n) is 8.88. The number of sulfonamides is 1. The third kappa shape index (κ3) is 4.48. The maximum Gasteiger partial charge on any atom is 0.246 e. The minimum Gasteiger partial charge on any atom is -0.337 e. The summed E-state index contributed by atoms with van der Waals surface area (Å²) >= 11 is 1.64. The Balaban J connectivity index is 1.65. The van der Waals surface area contributed by atoms with Gasteiger partial charge in [-0.25, -0.2) is 8.42 Å². The van der Waals surface area contributed by atoms with E-state index in [9.17, 15) is 13.2 Å². The lowest BCUT2D eigenvalue weighted by molar-refractivity contribution is -0.127. The molecule has 1 saturated heterocycles. The third-order valence-corrected chi connectivity index (χ3v) is 7.67. The number of aryl methyl sites for hydroxylation is 3. The molecule has 0 N–H and O–H groups in total. The number of hydrogen-bond acceptors (Lipinski definition) is 4. The van der Waals surface area contributed by atoms with E-state index in [1.54, 1.807) is 28.4 Å². The van der Waals surface area contributed by atoms with Crippen molar-refractivity contribution in [3.05, 3.63) is 57.3 Å². The molecule has 7 heteroatoms. The van der Waals surface area contributed by atoms with Gasteiger partial charge in [0.1, 0.15) is 0 Å². The van der Waals surface area contributed by atoms with Crippen LogP contribution in [0.3, 0.4) is 0 Å². The van der Waals surface area contributed by atoms with Crippen molar-refractivity contribution in [2.45, 2.75) is 25.7 Å². The number of amides is 1. The number of nitrogens with zero attached hydrogens (tertiary/aromatic N) is 2. The van der Waals surface area contributed by atoms with Crippen LogP contribution in [0.2, 0.25) is 0 Å². The second-order valence-electron chi connectivity index (χ2n) is 6.78. The number of hydrogen-bond donors (Lipinski definition) is 0. The van der Waals surface area contributed by atoms with E-state index in [-0.39, 0.29) is 5.91 Å². The first kappa shape index (κ1) is 19.8. The molecule has 0 spiro atoms. The predicted octanol–water partition coefficient (Wildman–Crippen LogP) is 3.22. The molecule has 1 amide bonds. The zero-order chi connectivity index (χ0) is 19.6. The average Bonchev–Trinajstić information content (AvgIpc) is 3.07. The fourth-order valence-corrected chi connectivity index (χ4v) is 5.59. The lowest BCUT2D eigenvalue weighted by atomic mass is 10.2. The van der Waals surface area contributed by atoms with Crippen molar-refractivity contribution in [2.24, 2.45) is 0 Å². The van der Waals surface area contributed by atoms with E-state index in [1.165, 1.54) is 9.18 Å². The second kappa shape index (κ2) is 7.96. The molecule has 1 aliphatic rings. The molecule has 0 unspecified atom stereocenters. The number of rotatable bonds is 4. The zero-order valence-corrected chi connectivity index (χ0v) is 17.4. The number of carbonyl (C=O) groups is 1. The lowest BCUT2D eigenvalue weighted by Gasteiger charge is -2.33. The molecule has 1 aromatic heterocycles. The van der Waals surface area contributed by atoms with Gasteiger partial charge in [-0.1, -0.05) is 12.1 Å². The first-order chi connectivity index (χ1) is 12.8. The fraction of sp³-hybridized carbons (Fsp3) is 0.350. The van der Waals surface area contributed by atoms with Crippen molar-refractivity contribution in [1.29, 1.82) is 0 Å². The van der Waals surface area contributed by atoms with Gasteiger partial charge in [-0.2, -0.15) is 4.31 Å². The highest BCUT2D eigenvalue weighted by Gasteiger charge is 2.30. The monoisotopic (exact) mass is 404 g/mol. The van der Waals surface area contributed by atoms with Crippen LogP contribution in [0, 0.1) is 20.8 Å². The summed E-state index contributed by atoms with van der Waals surface area (Å²) in [5, 5.41) is 0. The molecule has 2 aromatic rings. The second-order valence-corrected chi connectivity index (χ2v) is 10.0. The Labute approximate surface area is 165 Å².